The molecular weight excluding hydrogens is 612 g/mol. The number of hydrogen-bond acceptors (Lipinski definition) is 8. The van der Waals surface area contributed by atoms with Crippen LogP contribution in [0.2, 0.25) is 0 Å². The second kappa shape index (κ2) is 13.0. The van der Waals surface area contributed by atoms with Crippen molar-refractivity contribution in [3.63, 3.8) is 0 Å². The lowest BCUT2D eigenvalue weighted by atomic mass is 9.92. The number of piperazine rings is 1. The number of pyridine rings is 1. The fourth-order valence-electron chi connectivity index (χ4n) is 5.46. The molecule has 5 rings (SSSR count). The lowest BCUT2D eigenvalue weighted by molar-refractivity contribution is -0.388. The van der Waals surface area contributed by atoms with Crippen LogP contribution in [0, 0.1) is 10.1 Å². The van der Waals surface area contributed by atoms with E-state index in [2.05, 4.69) is 20.1 Å². The zero-order valence-corrected chi connectivity index (χ0v) is 24.1. The number of nitrogens with zero attached hydrogens (tertiary/aromatic N) is 4. The summed E-state index contributed by atoms with van der Waals surface area (Å²) in [5, 5.41) is 14.1. The van der Waals surface area contributed by atoms with Gasteiger partial charge in [0, 0.05) is 66.8 Å². The van der Waals surface area contributed by atoms with Crippen LogP contribution in [-0.4, -0.2) is 53.7 Å². The predicted octanol–water partition coefficient (Wildman–Crippen LogP) is 7.75. The number of aromatic nitrogens is 1. The average molecular weight is 642 g/mol. The van der Waals surface area contributed by atoms with Crippen LogP contribution >= 0.6 is 11.8 Å². The van der Waals surface area contributed by atoms with Crippen LogP contribution in [0.25, 0.3) is 0 Å². The van der Waals surface area contributed by atoms with Crippen molar-refractivity contribution in [1.82, 2.24) is 4.98 Å². The van der Waals surface area contributed by atoms with Crippen molar-refractivity contribution in [3.05, 3.63) is 76.5 Å². The summed E-state index contributed by atoms with van der Waals surface area (Å²) in [6.07, 6.45) is -0.593. The maximum Gasteiger partial charge on any atom is 0.446 e. The van der Waals surface area contributed by atoms with Crippen LogP contribution in [-0.2, 0) is 6.18 Å². The lowest BCUT2D eigenvalue weighted by Gasteiger charge is -2.37. The molecule has 0 radical (unpaired) electrons. The Labute approximate surface area is 253 Å². The molecule has 8 nitrogen and oxygen atoms in total. The molecule has 1 aromatic heterocycles. The summed E-state index contributed by atoms with van der Waals surface area (Å²) in [4.78, 5) is 18.8. The molecule has 2 heterocycles. The van der Waals surface area contributed by atoms with Crippen LogP contribution in [0.5, 0.6) is 5.75 Å². The van der Waals surface area contributed by atoms with Gasteiger partial charge in [0.1, 0.15) is 17.1 Å². The zero-order chi connectivity index (χ0) is 31.5. The second-order valence-corrected chi connectivity index (χ2v) is 11.7. The molecule has 1 aliphatic carbocycles. The third-order valence-corrected chi connectivity index (χ3v) is 8.34. The topological polar surface area (TPSA) is 83.8 Å². The minimum atomic E-state index is -4.84. The number of benzene rings is 2. The van der Waals surface area contributed by atoms with Gasteiger partial charge in [0.15, 0.2) is 0 Å². The van der Waals surface area contributed by atoms with Crippen LogP contribution < -0.4 is 19.9 Å². The van der Waals surface area contributed by atoms with Gasteiger partial charge < -0.3 is 19.9 Å². The summed E-state index contributed by atoms with van der Waals surface area (Å²) in [5.41, 5.74) is -5.53. The first-order valence-corrected chi connectivity index (χ1v) is 14.8. The van der Waals surface area contributed by atoms with Crippen LogP contribution in [0.15, 0.2) is 65.7 Å². The fourth-order valence-corrected chi connectivity index (χ4v) is 6.00. The van der Waals surface area contributed by atoms with Crippen LogP contribution in [0.3, 0.4) is 0 Å². The molecule has 1 saturated carbocycles. The molecule has 236 valence electrons. The number of nitro groups is 1. The molecule has 0 bridgehead atoms. The Bertz CT molecular complexity index is 1440. The Morgan fingerprint density at radius 3 is 2.16 bits per heavy atom. The zero-order valence-electron chi connectivity index (χ0n) is 23.3. The van der Waals surface area contributed by atoms with Crippen molar-refractivity contribution in [2.24, 2.45) is 0 Å². The number of halogens is 6. The van der Waals surface area contributed by atoms with Gasteiger partial charge >= 0.3 is 11.7 Å². The number of anilines is 3. The molecule has 0 atom stereocenters. The summed E-state index contributed by atoms with van der Waals surface area (Å²) >= 11 is -0.133. The first-order valence-electron chi connectivity index (χ1n) is 13.9. The molecule has 2 aliphatic rings. The van der Waals surface area contributed by atoms with Crippen LogP contribution in [0.1, 0.15) is 31.2 Å². The van der Waals surface area contributed by atoms with E-state index in [-0.39, 0.29) is 34.5 Å². The number of hydrogen-bond donors (Lipinski definition) is 1. The van der Waals surface area contributed by atoms with E-state index < -0.39 is 27.9 Å². The van der Waals surface area contributed by atoms with Gasteiger partial charge in [-0.2, -0.15) is 26.3 Å². The highest BCUT2D eigenvalue weighted by molar-refractivity contribution is 8.00. The smallest absolute Gasteiger partial charge is 0.446 e. The lowest BCUT2D eigenvalue weighted by Crippen LogP contribution is -2.46. The van der Waals surface area contributed by atoms with Gasteiger partial charge in [0.25, 0.3) is 5.69 Å². The van der Waals surface area contributed by atoms with Gasteiger partial charge in [0.2, 0.25) is 0 Å². The molecular formula is C29H29F6N5O3S. The molecule has 0 unspecified atom stereocenters. The summed E-state index contributed by atoms with van der Waals surface area (Å²) < 4.78 is 84.0. The molecule has 15 heteroatoms. The van der Waals surface area contributed by atoms with Crippen molar-refractivity contribution < 1.29 is 36.0 Å². The maximum absolute atomic E-state index is 13.3. The van der Waals surface area contributed by atoms with E-state index in [4.69, 9.17) is 4.74 Å². The van der Waals surface area contributed by atoms with Gasteiger partial charge in [-0.15, -0.1) is 0 Å². The number of nitrogens with one attached hydrogen (secondary N) is 1. The van der Waals surface area contributed by atoms with E-state index in [0.717, 1.165) is 23.6 Å². The molecule has 0 spiro atoms. The summed E-state index contributed by atoms with van der Waals surface area (Å²) in [5.74, 6) is 1.42. The van der Waals surface area contributed by atoms with E-state index in [0.29, 0.717) is 57.6 Å². The molecule has 1 saturated heterocycles. The number of alkyl halides is 6. The fraction of sp³-hybridized carbons (Fsp3) is 0.414. The molecule has 1 N–H and O–H groups in total. The summed E-state index contributed by atoms with van der Waals surface area (Å²) in [6.45, 7) is 2.69. The summed E-state index contributed by atoms with van der Waals surface area (Å²) in [6, 6.07) is 12.9. The van der Waals surface area contributed by atoms with Crippen molar-refractivity contribution in [2.45, 2.75) is 54.4 Å². The monoisotopic (exact) mass is 641 g/mol. The molecule has 2 aromatic carbocycles. The Balaban J connectivity index is 1.11. The average Bonchev–Trinajstić information content (AvgIpc) is 2.97. The van der Waals surface area contributed by atoms with E-state index >= 15 is 0 Å². The molecule has 1 aliphatic heterocycles. The first-order chi connectivity index (χ1) is 20.8. The molecule has 2 fully saturated rings. The quantitative estimate of drug-likeness (QED) is 0.116. The van der Waals surface area contributed by atoms with Gasteiger partial charge in [0.05, 0.1) is 11.0 Å². The van der Waals surface area contributed by atoms with Crippen LogP contribution in [0.4, 0.5) is 49.2 Å². The molecule has 0 amide bonds. The Kier molecular flexibility index (Phi) is 9.32. The van der Waals surface area contributed by atoms with Gasteiger partial charge in [-0.25, -0.2) is 4.98 Å². The molecule has 3 aromatic rings. The second-order valence-electron chi connectivity index (χ2n) is 10.6. The summed E-state index contributed by atoms with van der Waals surface area (Å²) in [7, 11) is 0. The SMILES string of the molecule is O=[N+]([O-])c1ccc(NC2CCC(Oc3ccnc(N4CCN(c5ccc(SC(F)(F)F)cc5)CC4)c3)CC2)cc1C(F)(F)F. The van der Waals surface area contributed by atoms with Crippen molar-refractivity contribution in [2.75, 3.05) is 41.3 Å². The highest BCUT2D eigenvalue weighted by Gasteiger charge is 2.38. The Hall–Kier alpha value is -3.88. The number of ether oxygens (including phenoxy) is 1. The van der Waals surface area contributed by atoms with Crippen molar-refractivity contribution >= 4 is 34.6 Å². The van der Waals surface area contributed by atoms with E-state index in [9.17, 15) is 36.5 Å². The van der Waals surface area contributed by atoms with E-state index in [1.165, 1.54) is 18.2 Å². The van der Waals surface area contributed by atoms with E-state index in [1.54, 1.807) is 24.4 Å². The normalized spacial score (nSPS) is 19.5. The maximum atomic E-state index is 13.3. The Morgan fingerprint density at radius 1 is 0.886 bits per heavy atom. The first kappa shape index (κ1) is 31.5. The van der Waals surface area contributed by atoms with Crippen molar-refractivity contribution in [1.29, 1.82) is 0 Å². The predicted molar refractivity (Wildman–Crippen MR) is 155 cm³/mol. The Morgan fingerprint density at radius 2 is 1.55 bits per heavy atom. The molecule has 44 heavy (non-hydrogen) atoms. The highest BCUT2D eigenvalue weighted by Crippen LogP contribution is 2.39. The van der Waals surface area contributed by atoms with Gasteiger partial charge in [-0.05, 0) is 79.9 Å². The number of rotatable bonds is 8. The van der Waals surface area contributed by atoms with Gasteiger partial charge in [-0.3, -0.25) is 10.1 Å². The number of thioether (sulfide) groups is 1. The van der Waals surface area contributed by atoms with Crippen molar-refractivity contribution in [3.8, 4) is 5.75 Å². The van der Waals surface area contributed by atoms with E-state index in [1.807, 2.05) is 6.07 Å². The largest absolute Gasteiger partial charge is 0.490 e. The third-order valence-electron chi connectivity index (χ3n) is 7.60. The number of nitro benzene ring substituents is 1. The van der Waals surface area contributed by atoms with Gasteiger partial charge in [-0.1, -0.05) is 0 Å². The minimum absolute atomic E-state index is 0.0822. The highest BCUT2D eigenvalue weighted by atomic mass is 32.2. The standard InChI is InChI=1S/C29H29F6N5O3S/c30-28(31,32)25-17-20(3-10-26(25)40(41)42)37-19-1-6-22(7-2-19)43-23-11-12-36-27(18-23)39-15-13-38(14-16-39)21-4-8-24(9-5-21)44-29(33,34)35/h3-5,8-12,17-19,22,37H,1-2,6-7,13-16H2. The third kappa shape index (κ3) is 8.18. The minimum Gasteiger partial charge on any atom is -0.490 e.